The Balaban J connectivity index is 1.94. The Morgan fingerprint density at radius 1 is 1.10 bits per heavy atom. The fraction of sp³-hybridized carbons (Fsp3) is 0.867. The lowest BCUT2D eigenvalue weighted by atomic mass is 9.83. The number of carboxylic acid groups (broad SMARTS) is 1. The Morgan fingerprint density at radius 3 is 2.15 bits per heavy atom. The Morgan fingerprint density at radius 2 is 1.65 bits per heavy atom. The Kier molecular flexibility index (Phi) is 4.25. The maximum atomic E-state index is 12.4. The van der Waals surface area contributed by atoms with Crippen molar-refractivity contribution in [1.29, 1.82) is 0 Å². The van der Waals surface area contributed by atoms with Gasteiger partial charge in [-0.1, -0.05) is 26.7 Å². The van der Waals surface area contributed by atoms with Crippen LogP contribution in [0.1, 0.15) is 58.8 Å². The molecule has 2 fully saturated rings. The van der Waals surface area contributed by atoms with E-state index in [2.05, 4.69) is 19.2 Å². The molecule has 2 N–H and O–H groups in total. The molecule has 1 saturated heterocycles. The highest BCUT2D eigenvalue weighted by atomic mass is 16.4. The first kappa shape index (κ1) is 15.1. The number of likely N-dealkylation sites (tertiary alicyclic amines) is 1. The fourth-order valence-corrected chi connectivity index (χ4v) is 3.31. The van der Waals surface area contributed by atoms with Gasteiger partial charge in [-0.05, 0) is 31.1 Å². The number of piperidine rings is 1. The summed E-state index contributed by atoms with van der Waals surface area (Å²) >= 11 is 0. The maximum absolute atomic E-state index is 12.4. The zero-order valence-corrected chi connectivity index (χ0v) is 12.6. The quantitative estimate of drug-likeness (QED) is 0.836. The van der Waals surface area contributed by atoms with E-state index < -0.39 is 11.5 Å². The van der Waals surface area contributed by atoms with Crippen LogP contribution in [0.4, 0.5) is 4.79 Å². The van der Waals surface area contributed by atoms with E-state index in [1.165, 1.54) is 0 Å². The molecule has 2 amide bonds. The first-order valence-corrected chi connectivity index (χ1v) is 7.61. The van der Waals surface area contributed by atoms with Gasteiger partial charge in [0, 0.05) is 13.1 Å². The van der Waals surface area contributed by atoms with Crippen molar-refractivity contribution in [2.24, 2.45) is 5.41 Å². The normalized spacial score (nSPS) is 24.4. The van der Waals surface area contributed by atoms with E-state index in [-0.39, 0.29) is 12.5 Å². The second-order valence-electron chi connectivity index (χ2n) is 7.14. The summed E-state index contributed by atoms with van der Waals surface area (Å²) in [5.74, 6) is -0.827. The summed E-state index contributed by atoms with van der Waals surface area (Å²) in [6.45, 7) is 5.99. The molecule has 114 valence electrons. The summed E-state index contributed by atoms with van der Waals surface area (Å²) in [5, 5.41) is 12.1. The van der Waals surface area contributed by atoms with Crippen molar-refractivity contribution in [1.82, 2.24) is 10.2 Å². The van der Waals surface area contributed by atoms with Crippen molar-refractivity contribution in [2.75, 3.05) is 13.1 Å². The lowest BCUT2D eigenvalue weighted by Crippen LogP contribution is -2.54. The number of nitrogens with one attached hydrogen (secondary N) is 1. The molecule has 20 heavy (non-hydrogen) atoms. The highest BCUT2D eigenvalue weighted by Crippen LogP contribution is 2.34. The lowest BCUT2D eigenvalue weighted by Gasteiger charge is -2.39. The molecule has 1 aliphatic carbocycles. The Bertz CT molecular complexity index is 377. The van der Waals surface area contributed by atoms with Gasteiger partial charge >= 0.3 is 12.0 Å². The van der Waals surface area contributed by atoms with Crippen molar-refractivity contribution >= 4 is 12.0 Å². The van der Waals surface area contributed by atoms with E-state index >= 15 is 0 Å². The molecule has 0 aromatic rings. The molecule has 0 bridgehead atoms. The summed E-state index contributed by atoms with van der Waals surface area (Å²) in [7, 11) is 0. The third-order valence-corrected chi connectivity index (χ3v) is 4.83. The molecule has 0 aromatic heterocycles. The molecule has 0 unspecified atom stereocenters. The monoisotopic (exact) mass is 282 g/mol. The van der Waals surface area contributed by atoms with Gasteiger partial charge in [0.15, 0.2) is 0 Å². The first-order valence-electron chi connectivity index (χ1n) is 7.61. The van der Waals surface area contributed by atoms with Crippen LogP contribution in [0.25, 0.3) is 0 Å². The van der Waals surface area contributed by atoms with E-state index in [1.807, 2.05) is 4.90 Å². The molecule has 0 radical (unpaired) electrons. The number of rotatable bonds is 3. The van der Waals surface area contributed by atoms with E-state index in [9.17, 15) is 9.59 Å². The number of carbonyl (C=O) groups is 2. The topological polar surface area (TPSA) is 69.6 Å². The van der Waals surface area contributed by atoms with Gasteiger partial charge in [-0.15, -0.1) is 0 Å². The molecular formula is C15H26N2O3. The Labute approximate surface area is 120 Å². The van der Waals surface area contributed by atoms with Crippen LogP contribution in [-0.4, -0.2) is 40.6 Å². The van der Waals surface area contributed by atoms with E-state index in [1.54, 1.807) is 0 Å². The van der Waals surface area contributed by atoms with Gasteiger partial charge in [-0.3, -0.25) is 4.79 Å². The summed E-state index contributed by atoms with van der Waals surface area (Å²) in [4.78, 5) is 25.3. The highest BCUT2D eigenvalue weighted by molar-refractivity contribution is 5.77. The SMILES string of the molecule is CC1(C)CCN(C(=O)NC2(CC(=O)O)CCCC2)CC1. The molecule has 5 nitrogen and oxygen atoms in total. The van der Waals surface area contributed by atoms with Crippen LogP contribution in [0.3, 0.4) is 0 Å². The van der Waals surface area contributed by atoms with Gasteiger partial charge in [-0.25, -0.2) is 4.79 Å². The third-order valence-electron chi connectivity index (χ3n) is 4.83. The second kappa shape index (κ2) is 5.62. The number of carbonyl (C=O) groups excluding carboxylic acids is 1. The van der Waals surface area contributed by atoms with Gasteiger partial charge in [0.1, 0.15) is 0 Å². The fourth-order valence-electron chi connectivity index (χ4n) is 3.31. The van der Waals surface area contributed by atoms with Gasteiger partial charge in [-0.2, -0.15) is 0 Å². The minimum Gasteiger partial charge on any atom is -0.481 e. The van der Waals surface area contributed by atoms with Gasteiger partial charge in [0.2, 0.25) is 0 Å². The minimum absolute atomic E-state index is 0.0398. The molecular weight excluding hydrogens is 256 g/mol. The molecule has 1 aliphatic heterocycles. The molecule has 2 aliphatic rings. The molecule has 2 rings (SSSR count). The van der Waals surface area contributed by atoms with Crippen LogP contribution in [0, 0.1) is 5.41 Å². The van der Waals surface area contributed by atoms with Crippen LogP contribution in [0.2, 0.25) is 0 Å². The van der Waals surface area contributed by atoms with Crippen molar-refractivity contribution in [3.63, 3.8) is 0 Å². The number of urea groups is 1. The van der Waals surface area contributed by atoms with Gasteiger partial charge in [0.25, 0.3) is 0 Å². The summed E-state index contributed by atoms with van der Waals surface area (Å²) < 4.78 is 0. The lowest BCUT2D eigenvalue weighted by molar-refractivity contribution is -0.138. The zero-order valence-electron chi connectivity index (χ0n) is 12.6. The van der Waals surface area contributed by atoms with Crippen LogP contribution in [-0.2, 0) is 4.79 Å². The number of amides is 2. The first-order chi connectivity index (χ1) is 9.32. The van der Waals surface area contributed by atoms with Crippen molar-refractivity contribution < 1.29 is 14.7 Å². The standard InChI is InChI=1S/C15H26N2O3/c1-14(2)7-9-17(10-8-14)13(20)16-15(11-12(18)19)5-3-4-6-15/h3-11H2,1-2H3,(H,16,20)(H,18,19). The third kappa shape index (κ3) is 3.64. The summed E-state index contributed by atoms with van der Waals surface area (Å²) in [5.41, 5.74) is -0.210. The van der Waals surface area contributed by atoms with E-state index in [0.717, 1.165) is 51.6 Å². The maximum Gasteiger partial charge on any atom is 0.317 e. The molecule has 0 spiro atoms. The Hall–Kier alpha value is -1.26. The van der Waals surface area contributed by atoms with E-state index in [4.69, 9.17) is 5.11 Å². The number of aliphatic carboxylic acids is 1. The smallest absolute Gasteiger partial charge is 0.317 e. The van der Waals surface area contributed by atoms with Crippen LogP contribution >= 0.6 is 0 Å². The average Bonchev–Trinajstić information content (AvgIpc) is 2.76. The van der Waals surface area contributed by atoms with Crippen molar-refractivity contribution in [2.45, 2.75) is 64.3 Å². The number of hydrogen-bond acceptors (Lipinski definition) is 2. The minimum atomic E-state index is -0.827. The predicted molar refractivity (Wildman–Crippen MR) is 76.6 cm³/mol. The van der Waals surface area contributed by atoms with Crippen LogP contribution in [0.15, 0.2) is 0 Å². The highest BCUT2D eigenvalue weighted by Gasteiger charge is 2.39. The molecule has 1 saturated carbocycles. The van der Waals surface area contributed by atoms with Crippen LogP contribution < -0.4 is 5.32 Å². The molecule has 0 atom stereocenters. The van der Waals surface area contributed by atoms with Crippen molar-refractivity contribution in [3.05, 3.63) is 0 Å². The second-order valence-corrected chi connectivity index (χ2v) is 7.14. The number of carboxylic acids is 1. The number of nitrogens with zero attached hydrogens (tertiary/aromatic N) is 1. The summed E-state index contributed by atoms with van der Waals surface area (Å²) in [6, 6.07) is -0.0800. The van der Waals surface area contributed by atoms with Crippen molar-refractivity contribution in [3.8, 4) is 0 Å². The van der Waals surface area contributed by atoms with Crippen LogP contribution in [0.5, 0.6) is 0 Å². The van der Waals surface area contributed by atoms with Gasteiger partial charge in [0.05, 0.1) is 12.0 Å². The zero-order chi connectivity index (χ0) is 14.8. The molecule has 1 heterocycles. The predicted octanol–water partition coefficient (Wildman–Crippen LogP) is 2.61. The largest absolute Gasteiger partial charge is 0.481 e. The molecule has 0 aromatic carbocycles. The van der Waals surface area contributed by atoms with Gasteiger partial charge < -0.3 is 15.3 Å². The molecule has 5 heteroatoms. The average molecular weight is 282 g/mol. The van der Waals surface area contributed by atoms with E-state index in [0.29, 0.717) is 5.41 Å². The summed E-state index contributed by atoms with van der Waals surface area (Å²) in [6.07, 6.45) is 5.62. The number of hydrogen-bond donors (Lipinski definition) is 2.